The Hall–Kier alpha value is -0.870. The molecule has 1 aliphatic rings. The molecule has 1 aromatic heterocycles. The maximum atomic E-state index is 5.39. The number of oxazole rings is 1. The molecule has 0 bridgehead atoms. The molecule has 1 aliphatic heterocycles. The van der Waals surface area contributed by atoms with E-state index in [1.54, 1.807) is 6.20 Å². The third-order valence-electron chi connectivity index (χ3n) is 2.13. The molecule has 0 unspecified atom stereocenters. The second kappa shape index (κ2) is 3.89. The van der Waals surface area contributed by atoms with Gasteiger partial charge in [-0.2, -0.15) is 0 Å². The summed E-state index contributed by atoms with van der Waals surface area (Å²) in [5, 5.41) is 0. The van der Waals surface area contributed by atoms with Gasteiger partial charge in [-0.15, -0.1) is 0 Å². The van der Waals surface area contributed by atoms with E-state index in [9.17, 15) is 0 Å². The highest BCUT2D eigenvalue weighted by molar-refractivity contribution is 4.90. The highest BCUT2D eigenvalue weighted by Crippen LogP contribution is 2.07. The van der Waals surface area contributed by atoms with Crippen molar-refractivity contribution in [2.45, 2.75) is 13.5 Å². The lowest BCUT2D eigenvalue weighted by Gasteiger charge is -2.24. The number of rotatable bonds is 2. The van der Waals surface area contributed by atoms with Crippen molar-refractivity contribution < 1.29 is 9.15 Å². The monoisotopic (exact) mass is 182 g/mol. The van der Waals surface area contributed by atoms with Crippen molar-refractivity contribution in [2.75, 3.05) is 26.3 Å². The van der Waals surface area contributed by atoms with E-state index in [1.165, 1.54) is 0 Å². The molecule has 1 fully saturated rings. The summed E-state index contributed by atoms with van der Waals surface area (Å²) < 4.78 is 10.6. The fourth-order valence-electron chi connectivity index (χ4n) is 1.43. The minimum absolute atomic E-state index is 0.803. The zero-order valence-corrected chi connectivity index (χ0v) is 7.82. The first-order valence-electron chi connectivity index (χ1n) is 4.56. The minimum atomic E-state index is 0.803. The molecule has 0 saturated carbocycles. The van der Waals surface area contributed by atoms with Crippen molar-refractivity contribution in [3.8, 4) is 0 Å². The lowest BCUT2D eigenvalue weighted by atomic mass is 10.4. The van der Waals surface area contributed by atoms with Crippen LogP contribution in [0.2, 0.25) is 0 Å². The number of nitrogens with zero attached hydrogens (tertiary/aromatic N) is 2. The number of ether oxygens (including phenoxy) is 1. The van der Waals surface area contributed by atoms with Crippen LogP contribution in [0, 0.1) is 6.92 Å². The number of aryl methyl sites for hydroxylation is 1. The van der Waals surface area contributed by atoms with Crippen molar-refractivity contribution in [3.63, 3.8) is 0 Å². The summed E-state index contributed by atoms with van der Waals surface area (Å²) in [5.74, 6) is 1.68. The fraction of sp³-hybridized carbons (Fsp3) is 0.667. The zero-order chi connectivity index (χ0) is 9.10. The van der Waals surface area contributed by atoms with Gasteiger partial charge in [0.15, 0.2) is 0 Å². The molecule has 1 saturated heterocycles. The molecule has 0 amide bonds. The highest BCUT2D eigenvalue weighted by Gasteiger charge is 2.12. The summed E-state index contributed by atoms with van der Waals surface area (Å²) in [4.78, 5) is 6.45. The highest BCUT2D eigenvalue weighted by atomic mass is 16.5. The Morgan fingerprint density at radius 1 is 1.46 bits per heavy atom. The summed E-state index contributed by atoms with van der Waals surface area (Å²) in [7, 11) is 0. The number of hydrogen-bond donors (Lipinski definition) is 0. The summed E-state index contributed by atoms with van der Waals surface area (Å²) in [5.41, 5.74) is 0. The predicted octanol–water partition coefficient (Wildman–Crippen LogP) is 0.815. The van der Waals surface area contributed by atoms with Gasteiger partial charge >= 0.3 is 0 Å². The quantitative estimate of drug-likeness (QED) is 0.678. The second-order valence-electron chi connectivity index (χ2n) is 3.25. The predicted molar refractivity (Wildman–Crippen MR) is 47.3 cm³/mol. The molecule has 13 heavy (non-hydrogen) atoms. The van der Waals surface area contributed by atoms with Gasteiger partial charge in [0, 0.05) is 13.1 Å². The smallest absolute Gasteiger partial charge is 0.208 e. The van der Waals surface area contributed by atoms with E-state index >= 15 is 0 Å². The van der Waals surface area contributed by atoms with Crippen LogP contribution < -0.4 is 0 Å². The Morgan fingerprint density at radius 3 is 2.85 bits per heavy atom. The van der Waals surface area contributed by atoms with Crippen molar-refractivity contribution in [2.24, 2.45) is 0 Å². The van der Waals surface area contributed by atoms with Crippen LogP contribution in [0.3, 0.4) is 0 Å². The van der Waals surface area contributed by atoms with Crippen molar-refractivity contribution >= 4 is 0 Å². The molecule has 0 atom stereocenters. The SMILES string of the molecule is Cc1cnc(CN2CCOCC2)o1. The van der Waals surface area contributed by atoms with Gasteiger partial charge < -0.3 is 9.15 Å². The molecular formula is C9H14N2O2. The van der Waals surface area contributed by atoms with E-state index in [-0.39, 0.29) is 0 Å². The van der Waals surface area contributed by atoms with E-state index in [1.807, 2.05) is 6.92 Å². The molecule has 0 N–H and O–H groups in total. The Labute approximate surface area is 77.5 Å². The van der Waals surface area contributed by atoms with Crippen LogP contribution in [-0.4, -0.2) is 36.2 Å². The lowest BCUT2D eigenvalue weighted by molar-refractivity contribution is 0.0305. The van der Waals surface area contributed by atoms with Crippen molar-refractivity contribution in [1.29, 1.82) is 0 Å². The number of aromatic nitrogens is 1. The van der Waals surface area contributed by atoms with Crippen molar-refractivity contribution in [3.05, 3.63) is 17.8 Å². The topological polar surface area (TPSA) is 38.5 Å². The van der Waals surface area contributed by atoms with Gasteiger partial charge in [0.05, 0.1) is 26.0 Å². The van der Waals surface area contributed by atoms with Gasteiger partial charge in [-0.1, -0.05) is 0 Å². The molecule has 0 aromatic carbocycles. The molecule has 0 aliphatic carbocycles. The van der Waals surface area contributed by atoms with Crippen LogP contribution in [0.1, 0.15) is 11.7 Å². The summed E-state index contributed by atoms with van der Waals surface area (Å²) >= 11 is 0. The Bertz CT molecular complexity index is 266. The summed E-state index contributed by atoms with van der Waals surface area (Å²) in [6, 6.07) is 0. The van der Waals surface area contributed by atoms with Crippen LogP contribution in [0.4, 0.5) is 0 Å². The van der Waals surface area contributed by atoms with E-state index in [2.05, 4.69) is 9.88 Å². The molecule has 2 rings (SSSR count). The van der Waals surface area contributed by atoms with Gasteiger partial charge in [0.25, 0.3) is 0 Å². The summed E-state index contributed by atoms with van der Waals surface area (Å²) in [6.07, 6.45) is 1.76. The molecule has 72 valence electrons. The van der Waals surface area contributed by atoms with Gasteiger partial charge in [-0.25, -0.2) is 4.98 Å². The zero-order valence-electron chi connectivity index (χ0n) is 7.82. The van der Waals surface area contributed by atoms with Gasteiger partial charge in [-0.05, 0) is 6.92 Å². The normalized spacial score (nSPS) is 19.2. The average molecular weight is 182 g/mol. The minimum Gasteiger partial charge on any atom is -0.445 e. The lowest BCUT2D eigenvalue weighted by Crippen LogP contribution is -2.35. The van der Waals surface area contributed by atoms with Crippen LogP contribution in [-0.2, 0) is 11.3 Å². The largest absolute Gasteiger partial charge is 0.445 e. The third kappa shape index (κ3) is 2.29. The van der Waals surface area contributed by atoms with Crippen molar-refractivity contribution in [1.82, 2.24) is 9.88 Å². The van der Waals surface area contributed by atoms with E-state index in [0.29, 0.717) is 0 Å². The molecular weight excluding hydrogens is 168 g/mol. The fourth-order valence-corrected chi connectivity index (χ4v) is 1.43. The van der Waals surface area contributed by atoms with Crippen LogP contribution in [0.15, 0.2) is 10.6 Å². The number of hydrogen-bond acceptors (Lipinski definition) is 4. The van der Waals surface area contributed by atoms with Crippen LogP contribution >= 0.6 is 0 Å². The molecule has 4 nitrogen and oxygen atoms in total. The summed E-state index contributed by atoms with van der Waals surface area (Å²) in [6.45, 7) is 6.30. The molecule has 4 heteroatoms. The third-order valence-corrected chi connectivity index (χ3v) is 2.13. The van der Waals surface area contributed by atoms with Crippen LogP contribution in [0.5, 0.6) is 0 Å². The second-order valence-corrected chi connectivity index (χ2v) is 3.25. The van der Waals surface area contributed by atoms with E-state index in [0.717, 1.165) is 44.5 Å². The maximum absolute atomic E-state index is 5.39. The Morgan fingerprint density at radius 2 is 2.23 bits per heavy atom. The molecule has 1 aromatic rings. The Balaban J connectivity index is 1.89. The first kappa shape index (κ1) is 8.72. The Kier molecular flexibility index (Phi) is 2.61. The van der Waals surface area contributed by atoms with Crippen LogP contribution in [0.25, 0.3) is 0 Å². The van der Waals surface area contributed by atoms with Gasteiger partial charge in [0.2, 0.25) is 5.89 Å². The first-order valence-corrected chi connectivity index (χ1v) is 4.56. The molecule has 2 heterocycles. The standard InChI is InChI=1S/C9H14N2O2/c1-8-6-10-9(13-8)7-11-2-4-12-5-3-11/h6H,2-5,7H2,1H3. The van der Waals surface area contributed by atoms with Gasteiger partial charge in [0.1, 0.15) is 5.76 Å². The van der Waals surface area contributed by atoms with E-state index in [4.69, 9.17) is 9.15 Å². The molecule has 0 spiro atoms. The first-order chi connectivity index (χ1) is 6.34. The van der Waals surface area contributed by atoms with Gasteiger partial charge in [-0.3, -0.25) is 4.90 Å². The number of morpholine rings is 1. The average Bonchev–Trinajstić information content (AvgIpc) is 2.53. The maximum Gasteiger partial charge on any atom is 0.208 e. The molecule has 0 radical (unpaired) electrons. The van der Waals surface area contributed by atoms with E-state index < -0.39 is 0 Å².